The van der Waals surface area contributed by atoms with Gasteiger partial charge in [0, 0.05) is 18.6 Å². The van der Waals surface area contributed by atoms with Gasteiger partial charge in [0.1, 0.15) is 5.15 Å². The first-order valence-electron chi connectivity index (χ1n) is 4.79. The number of aromatic nitrogens is 5. The fraction of sp³-hybridized carbons (Fsp3) is 0. The van der Waals surface area contributed by atoms with Crippen LogP contribution in [0.2, 0.25) is 5.15 Å². The minimum absolute atomic E-state index is 0.252. The number of ketones is 1. The minimum atomic E-state index is -0.264. The number of hydrogen-bond acceptors (Lipinski definition) is 4. The van der Waals surface area contributed by atoms with Crippen LogP contribution in [0.3, 0.4) is 0 Å². The van der Waals surface area contributed by atoms with Crippen molar-refractivity contribution in [3.05, 3.63) is 47.4 Å². The van der Waals surface area contributed by atoms with Gasteiger partial charge in [0.05, 0.1) is 11.8 Å². The maximum Gasteiger partial charge on any atom is 0.233 e. The molecule has 17 heavy (non-hydrogen) atoms. The Hall–Kier alpha value is -2.21. The molecule has 0 amide bonds. The zero-order chi connectivity index (χ0) is 11.8. The van der Waals surface area contributed by atoms with Gasteiger partial charge in [-0.1, -0.05) is 11.6 Å². The maximum atomic E-state index is 12.1. The summed E-state index contributed by atoms with van der Waals surface area (Å²) in [5.74, 6) is -0.0126. The zero-order valence-corrected chi connectivity index (χ0v) is 9.22. The molecule has 3 aromatic heterocycles. The molecule has 3 heterocycles. The van der Waals surface area contributed by atoms with E-state index in [9.17, 15) is 4.79 Å². The highest BCUT2D eigenvalue weighted by Gasteiger charge is 2.17. The Morgan fingerprint density at radius 3 is 3.12 bits per heavy atom. The van der Waals surface area contributed by atoms with Gasteiger partial charge in [0.2, 0.25) is 5.78 Å². The van der Waals surface area contributed by atoms with Crippen LogP contribution >= 0.6 is 11.6 Å². The van der Waals surface area contributed by atoms with Gasteiger partial charge in [-0.25, -0.2) is 14.5 Å². The second-order valence-electron chi connectivity index (χ2n) is 3.34. The Morgan fingerprint density at radius 2 is 2.35 bits per heavy atom. The SMILES string of the molecule is O=C(c1ncc[nH]1)c1cnn2ccc(Cl)nc12. The molecular formula is C10H6ClN5O. The van der Waals surface area contributed by atoms with Crippen LogP contribution in [0.25, 0.3) is 5.65 Å². The summed E-state index contributed by atoms with van der Waals surface area (Å²) in [6.45, 7) is 0. The average Bonchev–Trinajstić information content (AvgIpc) is 2.97. The second-order valence-corrected chi connectivity index (χ2v) is 3.73. The summed E-state index contributed by atoms with van der Waals surface area (Å²) in [7, 11) is 0. The quantitative estimate of drug-likeness (QED) is 0.548. The number of carbonyl (C=O) groups is 1. The number of carbonyl (C=O) groups excluding carboxylic acids is 1. The third-order valence-corrected chi connectivity index (χ3v) is 2.50. The predicted molar refractivity (Wildman–Crippen MR) is 60.0 cm³/mol. The van der Waals surface area contributed by atoms with Crippen molar-refractivity contribution < 1.29 is 4.79 Å². The lowest BCUT2D eigenvalue weighted by Gasteiger charge is -1.96. The van der Waals surface area contributed by atoms with E-state index in [1.54, 1.807) is 18.5 Å². The minimum Gasteiger partial charge on any atom is -0.342 e. The van der Waals surface area contributed by atoms with Crippen molar-refractivity contribution in [1.82, 2.24) is 24.6 Å². The van der Waals surface area contributed by atoms with E-state index in [0.717, 1.165) is 0 Å². The summed E-state index contributed by atoms with van der Waals surface area (Å²) in [5, 5.41) is 4.34. The first-order valence-corrected chi connectivity index (χ1v) is 5.17. The molecule has 0 saturated carbocycles. The van der Waals surface area contributed by atoms with Crippen LogP contribution in [0.4, 0.5) is 0 Å². The standard InChI is InChI=1S/C10H6ClN5O/c11-7-1-4-16-10(15-7)6(5-14-16)8(17)9-12-2-3-13-9/h1-5H,(H,12,13). The first-order chi connectivity index (χ1) is 8.25. The molecule has 84 valence electrons. The molecular weight excluding hydrogens is 242 g/mol. The lowest BCUT2D eigenvalue weighted by atomic mass is 10.2. The molecule has 0 aliphatic carbocycles. The van der Waals surface area contributed by atoms with E-state index in [1.165, 1.54) is 16.9 Å². The molecule has 3 aromatic rings. The highest BCUT2D eigenvalue weighted by Crippen LogP contribution is 2.14. The summed E-state index contributed by atoms with van der Waals surface area (Å²) >= 11 is 5.79. The van der Waals surface area contributed by atoms with Crippen LogP contribution in [0.15, 0.2) is 30.9 Å². The molecule has 0 fully saturated rings. The third kappa shape index (κ3) is 1.58. The summed E-state index contributed by atoms with van der Waals surface area (Å²) in [6.07, 6.45) is 6.19. The topological polar surface area (TPSA) is 75.9 Å². The Kier molecular flexibility index (Phi) is 2.15. The van der Waals surface area contributed by atoms with Gasteiger partial charge in [-0.3, -0.25) is 4.79 Å². The van der Waals surface area contributed by atoms with Crippen molar-refractivity contribution in [3.63, 3.8) is 0 Å². The number of nitrogens with zero attached hydrogens (tertiary/aromatic N) is 4. The first kappa shape index (κ1) is 9.98. The van der Waals surface area contributed by atoms with Gasteiger partial charge < -0.3 is 4.98 Å². The van der Waals surface area contributed by atoms with Gasteiger partial charge in [-0.05, 0) is 6.07 Å². The molecule has 7 heteroatoms. The molecule has 1 N–H and O–H groups in total. The number of nitrogens with one attached hydrogen (secondary N) is 1. The van der Waals surface area contributed by atoms with Crippen LogP contribution in [0.5, 0.6) is 0 Å². The fourth-order valence-corrected chi connectivity index (χ4v) is 1.66. The molecule has 0 atom stereocenters. The average molecular weight is 248 g/mol. The fourth-order valence-electron chi connectivity index (χ4n) is 1.52. The molecule has 0 radical (unpaired) electrons. The van der Waals surface area contributed by atoms with Gasteiger partial charge in [0.25, 0.3) is 0 Å². The Balaban J connectivity index is 2.18. The summed E-state index contributed by atoms with van der Waals surface area (Å²) < 4.78 is 1.49. The number of fused-ring (bicyclic) bond motifs is 1. The van der Waals surface area contributed by atoms with E-state index in [1.807, 2.05) is 0 Å². The van der Waals surface area contributed by atoms with Crippen molar-refractivity contribution in [2.24, 2.45) is 0 Å². The van der Waals surface area contributed by atoms with E-state index in [4.69, 9.17) is 11.6 Å². The summed E-state index contributed by atoms with van der Waals surface area (Å²) in [4.78, 5) is 22.8. The van der Waals surface area contributed by atoms with Crippen LogP contribution in [-0.2, 0) is 0 Å². The van der Waals surface area contributed by atoms with Gasteiger partial charge in [-0.2, -0.15) is 5.10 Å². The summed E-state index contributed by atoms with van der Waals surface area (Å²) in [6, 6.07) is 1.60. The second kappa shape index (κ2) is 3.67. The lowest BCUT2D eigenvalue weighted by molar-refractivity contribution is 0.103. The summed E-state index contributed by atoms with van der Waals surface area (Å²) in [5.41, 5.74) is 0.779. The smallest absolute Gasteiger partial charge is 0.233 e. The van der Waals surface area contributed by atoms with Crippen molar-refractivity contribution in [3.8, 4) is 0 Å². The highest BCUT2D eigenvalue weighted by molar-refractivity contribution is 6.29. The van der Waals surface area contributed by atoms with E-state index in [-0.39, 0.29) is 11.6 Å². The van der Waals surface area contributed by atoms with E-state index in [0.29, 0.717) is 16.4 Å². The Morgan fingerprint density at radius 1 is 1.47 bits per heavy atom. The molecule has 3 rings (SSSR count). The molecule has 0 bridgehead atoms. The lowest BCUT2D eigenvalue weighted by Crippen LogP contribution is -2.04. The highest BCUT2D eigenvalue weighted by atomic mass is 35.5. The number of hydrogen-bond donors (Lipinski definition) is 1. The monoisotopic (exact) mass is 247 g/mol. The Bertz CT molecular complexity index is 688. The van der Waals surface area contributed by atoms with Crippen molar-refractivity contribution in [2.45, 2.75) is 0 Å². The van der Waals surface area contributed by atoms with Gasteiger partial charge in [-0.15, -0.1) is 0 Å². The number of rotatable bonds is 2. The molecule has 0 aliphatic heterocycles. The Labute approximate surface area is 100 Å². The molecule has 0 aromatic carbocycles. The normalized spacial score (nSPS) is 10.9. The van der Waals surface area contributed by atoms with E-state index >= 15 is 0 Å². The molecule has 0 aliphatic rings. The van der Waals surface area contributed by atoms with Gasteiger partial charge >= 0.3 is 0 Å². The predicted octanol–water partition coefficient (Wildman–Crippen LogP) is 1.34. The van der Waals surface area contributed by atoms with E-state index in [2.05, 4.69) is 20.1 Å². The van der Waals surface area contributed by atoms with Crippen molar-refractivity contribution in [1.29, 1.82) is 0 Å². The number of H-pyrrole nitrogens is 1. The van der Waals surface area contributed by atoms with Crippen LogP contribution in [-0.4, -0.2) is 30.3 Å². The molecule has 6 nitrogen and oxygen atoms in total. The van der Waals surface area contributed by atoms with Crippen molar-refractivity contribution >= 4 is 23.0 Å². The largest absolute Gasteiger partial charge is 0.342 e. The van der Waals surface area contributed by atoms with Crippen LogP contribution in [0.1, 0.15) is 16.2 Å². The third-order valence-electron chi connectivity index (χ3n) is 2.29. The molecule has 0 spiro atoms. The van der Waals surface area contributed by atoms with E-state index < -0.39 is 0 Å². The maximum absolute atomic E-state index is 12.1. The van der Waals surface area contributed by atoms with Crippen LogP contribution < -0.4 is 0 Å². The molecule has 0 unspecified atom stereocenters. The molecule has 0 saturated heterocycles. The van der Waals surface area contributed by atoms with Crippen molar-refractivity contribution in [2.75, 3.05) is 0 Å². The van der Waals surface area contributed by atoms with Gasteiger partial charge in [0.15, 0.2) is 11.5 Å². The number of imidazole rings is 1. The number of aromatic amines is 1. The van der Waals surface area contributed by atoms with Crippen LogP contribution in [0, 0.1) is 0 Å². The zero-order valence-electron chi connectivity index (χ0n) is 8.46. The number of halogens is 1.